The van der Waals surface area contributed by atoms with Crippen LogP contribution in [0.4, 0.5) is 0 Å². The monoisotopic (exact) mass is 351 g/mol. The van der Waals surface area contributed by atoms with Crippen LogP contribution in [0.2, 0.25) is 0 Å². The van der Waals surface area contributed by atoms with Crippen LogP contribution in [0.25, 0.3) is 6.08 Å². The Morgan fingerprint density at radius 3 is 2.58 bits per heavy atom. The zero-order valence-corrected chi connectivity index (χ0v) is 14.2. The van der Waals surface area contributed by atoms with Gasteiger partial charge in [0.2, 0.25) is 0 Å². The van der Waals surface area contributed by atoms with E-state index in [0.717, 1.165) is 22.4 Å². The van der Waals surface area contributed by atoms with Crippen LogP contribution < -0.4 is 10.1 Å². The fraction of sp³-hybridized carbons (Fsp3) is 0.0526. The molecule has 4 rings (SSSR count). The van der Waals surface area contributed by atoms with Crippen molar-refractivity contribution < 1.29 is 9.53 Å². The normalized spacial score (nSPS) is 21.1. The number of ether oxygens (including phenoxy) is 1. The van der Waals surface area contributed by atoms with Gasteiger partial charge in [-0.15, -0.1) is 0 Å². The highest BCUT2D eigenvalue weighted by atomic mass is 32.2. The summed E-state index contributed by atoms with van der Waals surface area (Å²) in [6.07, 6.45) is 3.68. The summed E-state index contributed by atoms with van der Waals surface area (Å²) in [5.74, 6) is 0.684. The third-order valence-corrected chi connectivity index (χ3v) is 4.99. The van der Waals surface area contributed by atoms with Crippen molar-refractivity contribution >= 4 is 40.3 Å². The lowest BCUT2D eigenvalue weighted by Gasteiger charge is -2.26. The topological polar surface area (TPSA) is 38.3 Å². The fourth-order valence-corrected chi connectivity index (χ4v) is 3.78. The van der Waals surface area contributed by atoms with E-state index in [-0.39, 0.29) is 12.0 Å². The van der Waals surface area contributed by atoms with Gasteiger partial charge in [0.05, 0.1) is 4.91 Å². The lowest BCUT2D eigenvalue weighted by Crippen LogP contribution is -2.18. The van der Waals surface area contributed by atoms with Gasteiger partial charge >= 0.3 is 0 Å². The molecule has 1 N–H and O–H groups in total. The Morgan fingerprint density at radius 1 is 1.08 bits per heavy atom. The van der Waals surface area contributed by atoms with Gasteiger partial charge in [0.25, 0.3) is 5.91 Å². The summed E-state index contributed by atoms with van der Waals surface area (Å²) in [6, 6.07) is 17.9. The summed E-state index contributed by atoms with van der Waals surface area (Å²) in [4.78, 5) is 12.6. The summed E-state index contributed by atoms with van der Waals surface area (Å²) in [7, 11) is 0. The van der Waals surface area contributed by atoms with Crippen LogP contribution in [-0.4, -0.2) is 10.2 Å². The van der Waals surface area contributed by atoms with E-state index in [1.54, 1.807) is 0 Å². The van der Waals surface area contributed by atoms with E-state index in [4.69, 9.17) is 17.0 Å². The molecular weight excluding hydrogens is 338 g/mol. The predicted molar refractivity (Wildman–Crippen MR) is 101 cm³/mol. The van der Waals surface area contributed by atoms with E-state index in [1.165, 1.54) is 11.8 Å². The van der Waals surface area contributed by atoms with Crippen molar-refractivity contribution in [3.63, 3.8) is 0 Å². The zero-order valence-electron chi connectivity index (χ0n) is 12.6. The van der Waals surface area contributed by atoms with Gasteiger partial charge in [-0.2, -0.15) is 0 Å². The maximum absolute atomic E-state index is 12.0. The van der Waals surface area contributed by atoms with E-state index in [1.807, 2.05) is 60.7 Å². The first-order chi connectivity index (χ1) is 11.7. The second kappa shape index (κ2) is 6.26. The van der Waals surface area contributed by atoms with Crippen molar-refractivity contribution in [1.29, 1.82) is 0 Å². The molecule has 1 saturated heterocycles. The number of rotatable bonds is 2. The molecule has 1 fully saturated rings. The number of para-hydroxylation sites is 1. The number of nitrogens with one attached hydrogen (secondary N) is 1. The third kappa shape index (κ3) is 2.88. The molecule has 0 spiro atoms. The summed E-state index contributed by atoms with van der Waals surface area (Å²) in [5.41, 5.74) is 2.98. The molecule has 5 heteroatoms. The quantitative estimate of drug-likeness (QED) is 0.649. The van der Waals surface area contributed by atoms with Gasteiger partial charge in [-0.3, -0.25) is 4.79 Å². The molecule has 118 valence electrons. The van der Waals surface area contributed by atoms with Gasteiger partial charge < -0.3 is 10.1 Å². The highest BCUT2D eigenvalue weighted by molar-refractivity contribution is 8.26. The van der Waals surface area contributed by atoms with Gasteiger partial charge in [-0.05, 0) is 29.4 Å². The largest absolute Gasteiger partial charge is 0.480 e. The minimum Gasteiger partial charge on any atom is -0.480 e. The van der Waals surface area contributed by atoms with Gasteiger partial charge in [-0.1, -0.05) is 72.5 Å². The molecule has 0 aliphatic carbocycles. The van der Waals surface area contributed by atoms with E-state index in [0.29, 0.717) is 9.23 Å². The van der Waals surface area contributed by atoms with Crippen molar-refractivity contribution in [2.45, 2.75) is 6.10 Å². The number of hydrogen-bond acceptors (Lipinski definition) is 4. The van der Waals surface area contributed by atoms with Crippen molar-refractivity contribution in [3.8, 4) is 5.75 Å². The highest BCUT2D eigenvalue weighted by Gasteiger charge is 2.27. The molecule has 0 saturated carbocycles. The molecule has 0 radical (unpaired) electrons. The SMILES string of the molecule is O=C1NC(=S)S/C1=C\C1=Cc2ccccc2OC1c1ccccc1. The molecule has 1 atom stereocenters. The van der Waals surface area contributed by atoms with Crippen LogP contribution in [0.3, 0.4) is 0 Å². The minimum absolute atomic E-state index is 0.156. The number of thioether (sulfide) groups is 1. The van der Waals surface area contributed by atoms with E-state index in [2.05, 4.69) is 11.4 Å². The second-order valence-electron chi connectivity index (χ2n) is 5.44. The summed E-state index contributed by atoms with van der Waals surface area (Å²) in [6.45, 7) is 0. The summed E-state index contributed by atoms with van der Waals surface area (Å²) >= 11 is 6.35. The Labute approximate surface area is 149 Å². The molecule has 2 aliphatic rings. The number of thiocarbonyl (C=S) groups is 1. The second-order valence-corrected chi connectivity index (χ2v) is 7.16. The van der Waals surface area contributed by atoms with Gasteiger partial charge in [0, 0.05) is 5.56 Å². The number of benzene rings is 2. The van der Waals surface area contributed by atoms with Crippen LogP contribution in [0.1, 0.15) is 17.2 Å². The lowest BCUT2D eigenvalue weighted by molar-refractivity contribution is -0.115. The van der Waals surface area contributed by atoms with Crippen LogP contribution in [0.15, 0.2) is 71.2 Å². The molecular formula is C19H13NO2S2. The van der Waals surface area contributed by atoms with Crippen LogP contribution in [-0.2, 0) is 4.79 Å². The maximum Gasteiger partial charge on any atom is 0.263 e. The maximum atomic E-state index is 12.0. The number of carbonyl (C=O) groups is 1. The Morgan fingerprint density at radius 2 is 1.83 bits per heavy atom. The number of amides is 1. The average molecular weight is 351 g/mol. The van der Waals surface area contributed by atoms with Gasteiger partial charge in [0.15, 0.2) is 0 Å². The van der Waals surface area contributed by atoms with Crippen molar-refractivity contribution in [1.82, 2.24) is 5.32 Å². The first kappa shape index (κ1) is 15.2. The fourth-order valence-electron chi connectivity index (χ4n) is 2.74. The van der Waals surface area contributed by atoms with E-state index < -0.39 is 0 Å². The Hall–Kier alpha value is -2.37. The summed E-state index contributed by atoms with van der Waals surface area (Å²) < 4.78 is 6.70. The first-order valence-corrected chi connectivity index (χ1v) is 8.70. The molecule has 2 aliphatic heterocycles. The Kier molecular flexibility index (Phi) is 3.96. The molecule has 0 aromatic heterocycles. The molecule has 2 heterocycles. The van der Waals surface area contributed by atoms with Crippen molar-refractivity contribution in [3.05, 3.63) is 82.3 Å². The minimum atomic E-state index is -0.254. The molecule has 3 nitrogen and oxygen atoms in total. The molecule has 24 heavy (non-hydrogen) atoms. The van der Waals surface area contributed by atoms with Crippen molar-refractivity contribution in [2.75, 3.05) is 0 Å². The van der Waals surface area contributed by atoms with E-state index in [9.17, 15) is 4.79 Å². The van der Waals surface area contributed by atoms with Gasteiger partial charge in [0.1, 0.15) is 16.2 Å². The zero-order chi connectivity index (χ0) is 16.5. The van der Waals surface area contributed by atoms with Crippen LogP contribution in [0.5, 0.6) is 5.75 Å². The highest BCUT2D eigenvalue weighted by Crippen LogP contribution is 2.39. The number of fused-ring (bicyclic) bond motifs is 1. The Balaban J connectivity index is 1.80. The molecule has 2 aromatic rings. The smallest absolute Gasteiger partial charge is 0.263 e. The average Bonchev–Trinajstić information content (AvgIpc) is 2.92. The molecule has 2 aromatic carbocycles. The lowest BCUT2D eigenvalue weighted by atomic mass is 9.95. The third-order valence-electron chi connectivity index (χ3n) is 3.83. The molecule has 1 amide bonds. The first-order valence-electron chi connectivity index (χ1n) is 7.48. The van der Waals surface area contributed by atoms with Crippen LogP contribution in [0, 0.1) is 0 Å². The number of carbonyl (C=O) groups excluding carboxylic acids is 1. The van der Waals surface area contributed by atoms with Crippen molar-refractivity contribution in [2.24, 2.45) is 0 Å². The molecule has 0 bridgehead atoms. The van der Waals surface area contributed by atoms with Crippen LogP contribution >= 0.6 is 24.0 Å². The standard InChI is InChI=1S/C19H13NO2S2/c21-18-16(24-19(23)20-18)11-14-10-13-8-4-5-9-15(13)22-17(14)12-6-2-1-3-7-12/h1-11,17H,(H,20,21,23)/b16-11-. The number of hydrogen-bond donors (Lipinski definition) is 1. The molecule has 1 unspecified atom stereocenters. The van der Waals surface area contributed by atoms with Gasteiger partial charge in [-0.25, -0.2) is 0 Å². The Bertz CT molecular complexity index is 887. The van der Waals surface area contributed by atoms with E-state index >= 15 is 0 Å². The summed E-state index contributed by atoms with van der Waals surface area (Å²) in [5, 5.41) is 2.65. The predicted octanol–water partition coefficient (Wildman–Crippen LogP) is 4.24.